The van der Waals surface area contributed by atoms with Gasteiger partial charge in [0.15, 0.2) is 0 Å². The van der Waals surface area contributed by atoms with E-state index in [1.54, 1.807) is 0 Å². The number of rotatable bonds is 6. The summed E-state index contributed by atoms with van der Waals surface area (Å²) in [6, 6.07) is 13.6. The molecule has 0 radical (unpaired) electrons. The van der Waals surface area contributed by atoms with Gasteiger partial charge in [-0.25, -0.2) is 18.6 Å². The first-order valence-corrected chi connectivity index (χ1v) is 10.7. The van der Waals surface area contributed by atoms with E-state index in [1.807, 2.05) is 35.9 Å². The first kappa shape index (κ1) is 19.6. The largest absolute Gasteiger partial charge is 0.318 e. The molecule has 0 atom stereocenters. The number of para-hydroxylation sites is 1. The highest BCUT2D eigenvalue weighted by atomic mass is 35.5. The molecule has 0 bridgehead atoms. The number of halogens is 1. The van der Waals surface area contributed by atoms with Crippen molar-refractivity contribution in [2.45, 2.75) is 11.3 Å². The Labute approximate surface area is 165 Å². The summed E-state index contributed by atoms with van der Waals surface area (Å²) in [6.07, 6.45) is -0.0368. The van der Waals surface area contributed by atoms with Gasteiger partial charge in [0.25, 0.3) is 0 Å². The minimum absolute atomic E-state index is 0.0368. The highest BCUT2D eigenvalue weighted by Crippen LogP contribution is 2.15. The fourth-order valence-electron chi connectivity index (χ4n) is 2.35. The maximum absolute atomic E-state index is 12.1. The molecule has 0 saturated carbocycles. The number of amides is 1. The number of thiazole rings is 1. The Kier molecular flexibility index (Phi) is 5.95. The lowest BCUT2D eigenvalue weighted by atomic mass is 10.3. The summed E-state index contributed by atoms with van der Waals surface area (Å²) in [6.45, 7) is -0.0369. The van der Waals surface area contributed by atoms with Crippen LogP contribution in [-0.4, -0.2) is 25.4 Å². The predicted molar refractivity (Wildman–Crippen MR) is 106 cm³/mol. The molecule has 0 unspecified atom stereocenters. The van der Waals surface area contributed by atoms with Crippen molar-refractivity contribution in [3.63, 3.8) is 0 Å². The first-order valence-electron chi connectivity index (χ1n) is 7.99. The lowest BCUT2D eigenvalue weighted by Gasteiger charge is -2.06. The fraction of sp³-hybridized carbons (Fsp3) is 0.176. The third kappa shape index (κ3) is 4.75. The van der Waals surface area contributed by atoms with Crippen molar-refractivity contribution >= 4 is 49.1 Å². The number of aromatic nitrogens is 1. The average Bonchev–Trinajstić information content (AvgIpc) is 2.96. The SMILES string of the molecule is Cn1c(=NNC(=O)CCNS(=O)(=O)c2ccc(Cl)cc2)sc2ccccc21. The van der Waals surface area contributed by atoms with E-state index in [4.69, 9.17) is 11.6 Å². The fourth-order valence-corrected chi connectivity index (χ4v) is 4.49. The monoisotopic (exact) mass is 424 g/mol. The zero-order chi connectivity index (χ0) is 19.4. The summed E-state index contributed by atoms with van der Waals surface area (Å²) in [5, 5.41) is 4.56. The van der Waals surface area contributed by atoms with Gasteiger partial charge in [-0.2, -0.15) is 0 Å². The molecule has 1 aromatic heterocycles. The number of hydrogen-bond acceptors (Lipinski definition) is 5. The van der Waals surface area contributed by atoms with Crippen LogP contribution in [0.5, 0.6) is 0 Å². The van der Waals surface area contributed by atoms with E-state index < -0.39 is 10.0 Å². The van der Waals surface area contributed by atoms with Crippen molar-refractivity contribution in [1.82, 2.24) is 14.7 Å². The zero-order valence-electron chi connectivity index (χ0n) is 14.3. The van der Waals surface area contributed by atoms with Crippen LogP contribution in [0.2, 0.25) is 5.02 Å². The van der Waals surface area contributed by atoms with Crippen molar-refractivity contribution in [3.8, 4) is 0 Å². The van der Waals surface area contributed by atoms with E-state index >= 15 is 0 Å². The molecule has 3 aromatic rings. The van der Waals surface area contributed by atoms with E-state index in [1.165, 1.54) is 35.6 Å². The molecule has 0 fully saturated rings. The Morgan fingerprint density at radius 1 is 1.19 bits per heavy atom. The summed E-state index contributed by atoms with van der Waals surface area (Å²) in [4.78, 5) is 12.7. The number of benzene rings is 2. The van der Waals surface area contributed by atoms with Gasteiger partial charge in [-0.3, -0.25) is 4.79 Å². The highest BCUT2D eigenvalue weighted by Gasteiger charge is 2.14. The summed E-state index contributed by atoms with van der Waals surface area (Å²) in [5.74, 6) is -0.383. The maximum atomic E-state index is 12.1. The number of nitrogens with one attached hydrogen (secondary N) is 2. The smallest absolute Gasteiger partial charge is 0.241 e. The number of carbonyl (C=O) groups excluding carboxylic acids is 1. The van der Waals surface area contributed by atoms with Gasteiger partial charge in [-0.05, 0) is 36.4 Å². The number of nitrogens with zero attached hydrogens (tertiary/aromatic N) is 2. The lowest BCUT2D eigenvalue weighted by molar-refractivity contribution is -0.121. The summed E-state index contributed by atoms with van der Waals surface area (Å²) in [7, 11) is -1.82. The van der Waals surface area contributed by atoms with Gasteiger partial charge >= 0.3 is 0 Å². The van der Waals surface area contributed by atoms with Crippen LogP contribution in [0.3, 0.4) is 0 Å². The van der Waals surface area contributed by atoms with Gasteiger partial charge in [-0.15, -0.1) is 5.10 Å². The van der Waals surface area contributed by atoms with Crippen LogP contribution < -0.4 is 14.9 Å². The Morgan fingerprint density at radius 2 is 1.89 bits per heavy atom. The second-order valence-electron chi connectivity index (χ2n) is 5.66. The molecule has 2 aromatic carbocycles. The molecule has 3 rings (SSSR count). The number of sulfonamides is 1. The molecule has 0 aliphatic rings. The molecular formula is C17H17ClN4O3S2. The lowest BCUT2D eigenvalue weighted by Crippen LogP contribution is -2.30. The molecule has 10 heteroatoms. The number of fused-ring (bicyclic) bond motifs is 1. The molecule has 0 saturated heterocycles. The van der Waals surface area contributed by atoms with Gasteiger partial charge in [-0.1, -0.05) is 35.1 Å². The molecule has 0 aliphatic heterocycles. The van der Waals surface area contributed by atoms with Crippen LogP contribution in [0.4, 0.5) is 0 Å². The predicted octanol–water partition coefficient (Wildman–Crippen LogP) is 2.19. The van der Waals surface area contributed by atoms with Gasteiger partial charge in [0.1, 0.15) is 0 Å². The average molecular weight is 425 g/mol. The normalized spacial score (nSPS) is 12.4. The van der Waals surface area contributed by atoms with Crippen molar-refractivity contribution < 1.29 is 13.2 Å². The second-order valence-corrected chi connectivity index (χ2v) is 8.87. The van der Waals surface area contributed by atoms with E-state index in [0.29, 0.717) is 9.82 Å². The topological polar surface area (TPSA) is 92.6 Å². The Balaban J connectivity index is 1.58. The molecule has 7 nitrogen and oxygen atoms in total. The minimum Gasteiger partial charge on any atom is -0.318 e. The van der Waals surface area contributed by atoms with Crippen LogP contribution in [0, 0.1) is 0 Å². The van der Waals surface area contributed by atoms with Crippen molar-refractivity contribution in [1.29, 1.82) is 0 Å². The summed E-state index contributed by atoms with van der Waals surface area (Å²) >= 11 is 7.20. The van der Waals surface area contributed by atoms with Crippen LogP contribution >= 0.6 is 22.9 Å². The quantitative estimate of drug-likeness (QED) is 0.594. The van der Waals surface area contributed by atoms with Crippen LogP contribution in [0.1, 0.15) is 6.42 Å². The molecule has 2 N–H and O–H groups in total. The highest BCUT2D eigenvalue weighted by molar-refractivity contribution is 7.89. The molecule has 0 aliphatic carbocycles. The van der Waals surface area contributed by atoms with Crippen molar-refractivity contribution in [2.75, 3.05) is 6.54 Å². The van der Waals surface area contributed by atoms with Crippen LogP contribution in [0.25, 0.3) is 10.2 Å². The Morgan fingerprint density at radius 3 is 2.59 bits per heavy atom. The van der Waals surface area contributed by atoms with Gasteiger partial charge in [0, 0.05) is 25.0 Å². The molecular weight excluding hydrogens is 408 g/mol. The van der Waals surface area contributed by atoms with Gasteiger partial charge < -0.3 is 4.57 Å². The van der Waals surface area contributed by atoms with Crippen molar-refractivity contribution in [3.05, 3.63) is 58.4 Å². The van der Waals surface area contributed by atoms with Gasteiger partial charge in [0.05, 0.1) is 15.1 Å². The van der Waals surface area contributed by atoms with E-state index in [0.717, 1.165) is 10.2 Å². The zero-order valence-corrected chi connectivity index (χ0v) is 16.7. The number of hydrogen-bond donors (Lipinski definition) is 2. The van der Waals surface area contributed by atoms with Gasteiger partial charge in [0.2, 0.25) is 20.7 Å². The standard InChI is InChI=1S/C17H17ClN4O3S2/c1-22-14-4-2-3-5-15(14)26-17(22)21-20-16(23)10-11-19-27(24,25)13-8-6-12(18)7-9-13/h2-9,19H,10-11H2,1H3,(H,20,23). The molecule has 27 heavy (non-hydrogen) atoms. The minimum atomic E-state index is -3.69. The summed E-state index contributed by atoms with van der Waals surface area (Å²) in [5.41, 5.74) is 3.48. The second kappa shape index (κ2) is 8.22. The van der Waals surface area contributed by atoms with Crippen molar-refractivity contribution in [2.24, 2.45) is 12.1 Å². The summed E-state index contributed by atoms with van der Waals surface area (Å²) < 4.78 is 29.6. The van der Waals surface area contributed by atoms with Crippen LogP contribution in [0.15, 0.2) is 58.5 Å². The number of aryl methyl sites for hydroxylation is 1. The molecule has 1 heterocycles. The Bertz CT molecular complexity index is 1130. The molecule has 142 valence electrons. The first-order chi connectivity index (χ1) is 12.9. The third-order valence-electron chi connectivity index (χ3n) is 3.76. The Hall–Kier alpha value is -2.20. The number of carbonyl (C=O) groups is 1. The van der Waals surface area contributed by atoms with E-state index in [9.17, 15) is 13.2 Å². The van der Waals surface area contributed by atoms with E-state index in [-0.39, 0.29) is 23.8 Å². The molecule has 1 amide bonds. The van der Waals surface area contributed by atoms with Crippen LogP contribution in [-0.2, 0) is 21.9 Å². The third-order valence-corrected chi connectivity index (χ3v) is 6.60. The van der Waals surface area contributed by atoms with E-state index in [2.05, 4.69) is 15.2 Å². The molecule has 0 spiro atoms. The maximum Gasteiger partial charge on any atom is 0.241 e.